The molecule has 1 amide bonds. The Morgan fingerprint density at radius 3 is 2.67 bits per heavy atom. The molecule has 0 radical (unpaired) electrons. The first-order chi connectivity index (χ1) is 11.5. The summed E-state index contributed by atoms with van der Waals surface area (Å²) in [7, 11) is 4.59. The van der Waals surface area contributed by atoms with Gasteiger partial charge in [-0.25, -0.2) is 4.39 Å². The third-order valence-corrected chi connectivity index (χ3v) is 3.30. The molecule has 24 heavy (non-hydrogen) atoms. The number of nitrogens with one attached hydrogen (secondary N) is 3. The molecule has 0 fully saturated rings. The largest absolute Gasteiger partial charge is 0.494 e. The first kappa shape index (κ1) is 19.7. The predicted molar refractivity (Wildman–Crippen MR) is 90.8 cm³/mol. The third-order valence-electron chi connectivity index (χ3n) is 3.30. The number of aliphatic imine (C=N–C) groups is 1. The lowest BCUT2D eigenvalue weighted by Gasteiger charge is -2.18. The molecule has 134 valence electrons. The Kier molecular flexibility index (Phi) is 8.56. The van der Waals surface area contributed by atoms with Crippen LogP contribution in [-0.2, 0) is 9.53 Å². The van der Waals surface area contributed by atoms with E-state index in [4.69, 9.17) is 9.47 Å². The van der Waals surface area contributed by atoms with Gasteiger partial charge in [0.25, 0.3) is 0 Å². The molecule has 7 nitrogen and oxygen atoms in total. The molecule has 1 unspecified atom stereocenters. The summed E-state index contributed by atoms with van der Waals surface area (Å²) < 4.78 is 23.5. The van der Waals surface area contributed by atoms with Crippen LogP contribution in [0.25, 0.3) is 0 Å². The summed E-state index contributed by atoms with van der Waals surface area (Å²) >= 11 is 0. The topological polar surface area (TPSA) is 84.0 Å². The van der Waals surface area contributed by atoms with Crippen LogP contribution in [0.4, 0.5) is 4.39 Å². The Morgan fingerprint density at radius 1 is 1.33 bits per heavy atom. The molecule has 0 spiro atoms. The van der Waals surface area contributed by atoms with Gasteiger partial charge >= 0.3 is 0 Å². The Hall–Kier alpha value is -2.35. The van der Waals surface area contributed by atoms with Crippen LogP contribution in [0.1, 0.15) is 18.5 Å². The number of hydrogen-bond donors (Lipinski definition) is 3. The molecule has 0 saturated heterocycles. The number of guanidine groups is 1. The van der Waals surface area contributed by atoms with E-state index >= 15 is 0 Å². The van der Waals surface area contributed by atoms with Crippen molar-refractivity contribution in [3.05, 3.63) is 29.6 Å². The van der Waals surface area contributed by atoms with Crippen LogP contribution in [0.3, 0.4) is 0 Å². The average Bonchev–Trinajstić information content (AvgIpc) is 2.58. The third kappa shape index (κ3) is 6.41. The summed E-state index contributed by atoms with van der Waals surface area (Å²) in [5.41, 5.74) is 0.737. The number of halogens is 1. The second-order valence-electron chi connectivity index (χ2n) is 5.03. The Bertz CT molecular complexity index is 566. The van der Waals surface area contributed by atoms with Crippen molar-refractivity contribution in [1.29, 1.82) is 0 Å². The van der Waals surface area contributed by atoms with Crippen LogP contribution in [0.5, 0.6) is 5.75 Å². The number of benzene rings is 1. The second-order valence-corrected chi connectivity index (χ2v) is 5.03. The van der Waals surface area contributed by atoms with Crippen LogP contribution in [0.15, 0.2) is 23.2 Å². The lowest BCUT2D eigenvalue weighted by Crippen LogP contribution is -2.44. The number of hydrogen-bond acceptors (Lipinski definition) is 4. The van der Waals surface area contributed by atoms with Gasteiger partial charge in [-0.15, -0.1) is 0 Å². The second kappa shape index (κ2) is 10.4. The first-order valence-electron chi connectivity index (χ1n) is 7.58. The van der Waals surface area contributed by atoms with Crippen molar-refractivity contribution in [2.45, 2.75) is 13.0 Å². The lowest BCUT2D eigenvalue weighted by atomic mass is 10.1. The van der Waals surface area contributed by atoms with Crippen molar-refractivity contribution in [3.63, 3.8) is 0 Å². The summed E-state index contributed by atoms with van der Waals surface area (Å²) in [6, 6.07) is 4.54. The van der Waals surface area contributed by atoms with E-state index in [9.17, 15) is 9.18 Å². The maximum atomic E-state index is 13.8. The van der Waals surface area contributed by atoms with Crippen LogP contribution in [0, 0.1) is 5.82 Å². The Labute approximate surface area is 141 Å². The number of methoxy groups -OCH3 is 2. The number of carbonyl (C=O) groups is 1. The molecule has 3 N–H and O–H groups in total. The summed E-state index contributed by atoms with van der Waals surface area (Å²) in [5.74, 6) is 0.0454. The van der Waals surface area contributed by atoms with E-state index in [2.05, 4.69) is 20.9 Å². The van der Waals surface area contributed by atoms with Crippen LogP contribution >= 0.6 is 0 Å². The fourth-order valence-corrected chi connectivity index (χ4v) is 1.95. The first-order valence-corrected chi connectivity index (χ1v) is 7.58. The molecule has 0 aromatic heterocycles. The highest BCUT2D eigenvalue weighted by Gasteiger charge is 2.11. The van der Waals surface area contributed by atoms with E-state index in [0.717, 1.165) is 5.56 Å². The molecule has 8 heteroatoms. The number of rotatable bonds is 8. The average molecular weight is 340 g/mol. The summed E-state index contributed by atoms with van der Waals surface area (Å²) in [6.07, 6.45) is 0. The molecule has 0 heterocycles. The van der Waals surface area contributed by atoms with Gasteiger partial charge in [0.1, 0.15) is 0 Å². The molecular formula is C16H25FN4O3. The lowest BCUT2D eigenvalue weighted by molar-refractivity contribution is -0.120. The molecule has 1 atom stereocenters. The molecule has 0 saturated carbocycles. The van der Waals surface area contributed by atoms with Crippen LogP contribution < -0.4 is 20.7 Å². The SMILES string of the molecule is CN=C(NCC(=O)NCCOC)NC(C)c1ccc(OC)c(F)c1. The van der Waals surface area contributed by atoms with Crippen molar-refractivity contribution < 1.29 is 18.7 Å². The number of carbonyl (C=O) groups excluding carboxylic acids is 1. The highest BCUT2D eigenvalue weighted by Crippen LogP contribution is 2.21. The van der Waals surface area contributed by atoms with Gasteiger partial charge in [0.2, 0.25) is 5.91 Å². The summed E-state index contributed by atoms with van der Waals surface area (Å²) in [5, 5.41) is 8.69. The quantitative estimate of drug-likeness (QED) is 0.371. The van der Waals surface area contributed by atoms with Crippen molar-refractivity contribution >= 4 is 11.9 Å². The highest BCUT2D eigenvalue weighted by atomic mass is 19.1. The van der Waals surface area contributed by atoms with Crippen LogP contribution in [0.2, 0.25) is 0 Å². The normalized spacial score (nSPS) is 12.5. The van der Waals surface area contributed by atoms with E-state index in [1.807, 2.05) is 6.92 Å². The monoisotopic (exact) mass is 340 g/mol. The Morgan fingerprint density at radius 2 is 2.08 bits per heavy atom. The molecular weight excluding hydrogens is 315 g/mol. The number of nitrogens with zero attached hydrogens (tertiary/aromatic N) is 1. The standard InChI is InChI=1S/C16H25FN4O3/c1-11(12-5-6-14(24-4)13(17)9-12)21-16(18-2)20-10-15(22)19-7-8-23-3/h5-6,9,11H,7-8,10H2,1-4H3,(H,19,22)(H2,18,20,21). The summed E-state index contributed by atoms with van der Waals surface area (Å²) in [6.45, 7) is 2.85. The highest BCUT2D eigenvalue weighted by molar-refractivity contribution is 5.86. The zero-order chi connectivity index (χ0) is 17.9. The minimum absolute atomic E-state index is 0.0765. The van der Waals surface area contributed by atoms with Crippen molar-refractivity contribution in [1.82, 2.24) is 16.0 Å². The van der Waals surface area contributed by atoms with Gasteiger partial charge in [-0.3, -0.25) is 9.79 Å². The maximum Gasteiger partial charge on any atom is 0.239 e. The number of amides is 1. The van der Waals surface area contributed by atoms with Gasteiger partial charge in [0.15, 0.2) is 17.5 Å². The summed E-state index contributed by atoms with van der Waals surface area (Å²) in [4.78, 5) is 15.7. The fourth-order valence-electron chi connectivity index (χ4n) is 1.95. The smallest absolute Gasteiger partial charge is 0.239 e. The molecule has 0 bridgehead atoms. The fraction of sp³-hybridized carbons (Fsp3) is 0.500. The zero-order valence-corrected chi connectivity index (χ0v) is 14.5. The van der Waals surface area contributed by atoms with Gasteiger partial charge < -0.3 is 25.4 Å². The van der Waals surface area contributed by atoms with Gasteiger partial charge in [-0.2, -0.15) is 0 Å². The Balaban J connectivity index is 2.52. The van der Waals surface area contributed by atoms with Gasteiger partial charge in [-0.05, 0) is 24.6 Å². The minimum atomic E-state index is -0.427. The van der Waals surface area contributed by atoms with Gasteiger partial charge in [0.05, 0.1) is 26.3 Å². The van der Waals surface area contributed by atoms with E-state index in [1.54, 1.807) is 26.3 Å². The van der Waals surface area contributed by atoms with Crippen molar-refractivity contribution in [2.24, 2.45) is 4.99 Å². The van der Waals surface area contributed by atoms with E-state index < -0.39 is 5.82 Å². The van der Waals surface area contributed by atoms with Crippen LogP contribution in [-0.4, -0.2) is 52.8 Å². The van der Waals surface area contributed by atoms with E-state index in [1.165, 1.54) is 13.2 Å². The zero-order valence-electron chi connectivity index (χ0n) is 14.5. The van der Waals surface area contributed by atoms with Gasteiger partial charge in [-0.1, -0.05) is 6.07 Å². The van der Waals surface area contributed by atoms with E-state index in [-0.39, 0.29) is 24.2 Å². The molecule has 1 rings (SSSR count). The molecule has 0 aliphatic rings. The van der Waals surface area contributed by atoms with Crippen molar-refractivity contribution in [2.75, 3.05) is 41.0 Å². The minimum Gasteiger partial charge on any atom is -0.494 e. The molecule has 1 aromatic rings. The molecule has 0 aliphatic carbocycles. The van der Waals surface area contributed by atoms with E-state index in [0.29, 0.717) is 19.1 Å². The predicted octanol–water partition coefficient (Wildman–Crippen LogP) is 0.823. The molecule has 0 aliphatic heterocycles. The number of ether oxygens (including phenoxy) is 2. The van der Waals surface area contributed by atoms with Crippen molar-refractivity contribution in [3.8, 4) is 5.75 Å². The molecule has 1 aromatic carbocycles. The van der Waals surface area contributed by atoms with Gasteiger partial charge in [0, 0.05) is 20.7 Å². The maximum absolute atomic E-state index is 13.8.